The molecular weight excluding hydrogens is 628 g/mol. The van der Waals surface area contributed by atoms with Crippen molar-refractivity contribution in [2.45, 2.75) is 137 Å². The number of benzene rings is 2. The highest BCUT2D eigenvalue weighted by molar-refractivity contribution is 5.81. The van der Waals surface area contributed by atoms with Crippen molar-refractivity contribution in [1.29, 1.82) is 0 Å². The summed E-state index contributed by atoms with van der Waals surface area (Å²) in [6.45, 7) is 22.7. The molecule has 0 fully saturated rings. The van der Waals surface area contributed by atoms with E-state index in [1.807, 2.05) is 90.1 Å². The van der Waals surface area contributed by atoms with Crippen LogP contribution in [0.5, 0.6) is 11.5 Å². The fourth-order valence-electron chi connectivity index (χ4n) is 4.68. The number of esters is 2. The Morgan fingerprint density at radius 3 is 1.08 bits per heavy atom. The first kappa shape index (κ1) is 41.5. The molecule has 6 atom stereocenters. The fourth-order valence-corrected chi connectivity index (χ4v) is 4.68. The standard InChI is InChI=1S/C39H56O10/c1-11-31(40)44-35(15-5)48-37(17-7)46-33(13-3)42-29-23-19-27(20-24-29)39(9,10)28-21-25-30(26-22-28)43-34(14-4)47-38(18-8)49-36(16-6)45-32(41)12-2/h11-12,19-26,33-38H,1-2,13-18H2,3-10H3. The zero-order valence-corrected chi connectivity index (χ0v) is 30.5. The van der Waals surface area contributed by atoms with Gasteiger partial charge in [-0.25, -0.2) is 9.59 Å². The summed E-state index contributed by atoms with van der Waals surface area (Å²) >= 11 is 0. The summed E-state index contributed by atoms with van der Waals surface area (Å²) in [4.78, 5) is 23.2. The van der Waals surface area contributed by atoms with Crippen LogP contribution in [0, 0.1) is 0 Å². The van der Waals surface area contributed by atoms with Gasteiger partial charge in [-0.15, -0.1) is 0 Å². The van der Waals surface area contributed by atoms with Gasteiger partial charge in [0.1, 0.15) is 11.5 Å². The average molecular weight is 685 g/mol. The lowest BCUT2D eigenvalue weighted by atomic mass is 9.78. The minimum atomic E-state index is -0.736. The summed E-state index contributed by atoms with van der Waals surface area (Å²) in [5.74, 6) is 0.242. The summed E-state index contributed by atoms with van der Waals surface area (Å²) in [5.41, 5.74) is 1.90. The van der Waals surface area contributed by atoms with E-state index in [0.29, 0.717) is 50.0 Å². The first-order chi connectivity index (χ1) is 23.5. The lowest BCUT2D eigenvalue weighted by Crippen LogP contribution is -2.32. The monoisotopic (exact) mass is 684 g/mol. The Hall–Kier alpha value is -3.70. The van der Waals surface area contributed by atoms with Crippen LogP contribution in [0.4, 0.5) is 0 Å². The summed E-state index contributed by atoms with van der Waals surface area (Å²) in [6, 6.07) is 15.9. The summed E-state index contributed by atoms with van der Waals surface area (Å²) in [5, 5.41) is 0. The van der Waals surface area contributed by atoms with Crippen LogP contribution in [0.2, 0.25) is 0 Å². The first-order valence-electron chi connectivity index (χ1n) is 17.3. The molecule has 2 aromatic rings. The molecule has 0 N–H and O–H groups in total. The van der Waals surface area contributed by atoms with Crippen molar-refractivity contribution in [2.75, 3.05) is 0 Å². The van der Waals surface area contributed by atoms with Gasteiger partial charge >= 0.3 is 11.9 Å². The Balaban J connectivity index is 2.03. The molecule has 0 heterocycles. The maximum absolute atomic E-state index is 11.6. The van der Waals surface area contributed by atoms with E-state index >= 15 is 0 Å². The van der Waals surface area contributed by atoms with Crippen LogP contribution in [0.1, 0.15) is 105 Å². The van der Waals surface area contributed by atoms with E-state index in [0.717, 1.165) is 23.3 Å². The fraction of sp³-hybridized carbons (Fsp3) is 0.538. The van der Waals surface area contributed by atoms with E-state index in [9.17, 15) is 9.59 Å². The molecule has 0 saturated heterocycles. The molecule has 49 heavy (non-hydrogen) atoms. The van der Waals surface area contributed by atoms with Gasteiger partial charge in [-0.3, -0.25) is 0 Å². The topological polar surface area (TPSA) is 108 Å². The molecular formula is C39H56O10. The van der Waals surface area contributed by atoms with E-state index in [4.69, 9.17) is 37.9 Å². The highest BCUT2D eigenvalue weighted by atomic mass is 16.8. The van der Waals surface area contributed by atoms with E-state index in [2.05, 4.69) is 27.0 Å². The molecule has 0 saturated carbocycles. The van der Waals surface area contributed by atoms with Crippen LogP contribution < -0.4 is 9.47 Å². The van der Waals surface area contributed by atoms with Crippen molar-refractivity contribution in [1.82, 2.24) is 0 Å². The molecule has 10 nitrogen and oxygen atoms in total. The second-order valence-corrected chi connectivity index (χ2v) is 11.8. The zero-order valence-electron chi connectivity index (χ0n) is 30.5. The Labute approximate surface area is 292 Å². The smallest absolute Gasteiger partial charge is 0.332 e. The van der Waals surface area contributed by atoms with Gasteiger partial charge in [0.25, 0.3) is 0 Å². The minimum absolute atomic E-state index is 0.309. The normalized spacial score (nSPS) is 15.2. The van der Waals surface area contributed by atoms with E-state index < -0.39 is 49.7 Å². The molecule has 2 aromatic carbocycles. The molecule has 6 unspecified atom stereocenters. The second kappa shape index (κ2) is 21.4. The predicted octanol–water partition coefficient (Wildman–Crippen LogP) is 8.71. The third-order valence-electron chi connectivity index (χ3n) is 7.73. The number of ether oxygens (including phenoxy) is 8. The first-order valence-corrected chi connectivity index (χ1v) is 17.3. The summed E-state index contributed by atoms with van der Waals surface area (Å²) < 4.78 is 46.6. The number of carbonyl (C=O) groups excluding carboxylic acids is 2. The second-order valence-electron chi connectivity index (χ2n) is 11.8. The molecule has 0 spiro atoms. The number of rotatable bonds is 24. The van der Waals surface area contributed by atoms with Crippen LogP contribution in [0.3, 0.4) is 0 Å². The summed E-state index contributed by atoms with van der Waals surface area (Å²) in [7, 11) is 0. The molecule has 272 valence electrons. The highest BCUT2D eigenvalue weighted by Gasteiger charge is 2.26. The number of carbonyl (C=O) groups is 2. The van der Waals surface area contributed by atoms with Gasteiger partial charge < -0.3 is 37.9 Å². The van der Waals surface area contributed by atoms with Gasteiger partial charge in [-0.2, -0.15) is 0 Å². The third-order valence-corrected chi connectivity index (χ3v) is 7.73. The van der Waals surface area contributed by atoms with E-state index in [1.54, 1.807) is 0 Å². The zero-order chi connectivity index (χ0) is 36.4. The van der Waals surface area contributed by atoms with Crippen molar-refractivity contribution < 1.29 is 47.5 Å². The van der Waals surface area contributed by atoms with Gasteiger partial charge in [0.2, 0.25) is 25.2 Å². The lowest BCUT2D eigenvalue weighted by molar-refractivity contribution is -0.275. The molecule has 0 amide bonds. The largest absolute Gasteiger partial charge is 0.465 e. The van der Waals surface area contributed by atoms with E-state index in [-0.39, 0.29) is 5.41 Å². The third kappa shape index (κ3) is 13.6. The van der Waals surface area contributed by atoms with Gasteiger partial charge in [-0.1, -0.05) is 92.8 Å². The SMILES string of the molecule is C=CC(=O)OC(CC)OC(CC)OC(CC)Oc1ccc(C(C)(C)c2ccc(OC(CC)OC(CC)OC(CC)OC(=O)C=C)cc2)cc1. The molecule has 0 aliphatic carbocycles. The Morgan fingerprint density at radius 2 is 0.816 bits per heavy atom. The molecule has 2 rings (SSSR count). The van der Waals surface area contributed by atoms with Crippen molar-refractivity contribution in [3.8, 4) is 11.5 Å². The van der Waals surface area contributed by atoms with Gasteiger partial charge in [-0.05, 0) is 48.2 Å². The van der Waals surface area contributed by atoms with Gasteiger partial charge in [0, 0.05) is 43.3 Å². The molecule has 0 radical (unpaired) electrons. The highest BCUT2D eigenvalue weighted by Crippen LogP contribution is 2.34. The minimum Gasteiger partial charge on any atom is -0.465 e. The van der Waals surface area contributed by atoms with Crippen molar-refractivity contribution in [3.63, 3.8) is 0 Å². The molecule has 0 aliphatic rings. The molecule has 0 aliphatic heterocycles. The summed E-state index contributed by atoms with van der Waals surface area (Å²) in [6.07, 6.45) is 1.64. The van der Waals surface area contributed by atoms with Gasteiger partial charge in [0.15, 0.2) is 12.6 Å². The quantitative estimate of drug-likeness (QED) is 0.0605. The van der Waals surface area contributed by atoms with Crippen LogP contribution in [0.15, 0.2) is 73.8 Å². The average Bonchev–Trinajstić information content (AvgIpc) is 3.12. The molecule has 10 heteroatoms. The lowest BCUT2D eigenvalue weighted by Gasteiger charge is -2.29. The predicted molar refractivity (Wildman–Crippen MR) is 188 cm³/mol. The van der Waals surface area contributed by atoms with E-state index in [1.165, 1.54) is 0 Å². The maximum atomic E-state index is 11.6. The van der Waals surface area contributed by atoms with Gasteiger partial charge in [0.05, 0.1) is 0 Å². The van der Waals surface area contributed by atoms with Crippen LogP contribution in [-0.4, -0.2) is 49.7 Å². The Bertz CT molecular complexity index is 1180. The molecule has 0 bridgehead atoms. The Kier molecular flexibility index (Phi) is 18.1. The number of hydrogen-bond donors (Lipinski definition) is 0. The van der Waals surface area contributed by atoms with Crippen LogP contribution >= 0.6 is 0 Å². The maximum Gasteiger partial charge on any atom is 0.332 e. The Morgan fingerprint density at radius 1 is 0.531 bits per heavy atom. The van der Waals surface area contributed by atoms with Crippen LogP contribution in [0.25, 0.3) is 0 Å². The molecule has 0 aromatic heterocycles. The van der Waals surface area contributed by atoms with Crippen molar-refractivity contribution in [2.24, 2.45) is 0 Å². The van der Waals surface area contributed by atoms with Crippen molar-refractivity contribution >= 4 is 11.9 Å². The van der Waals surface area contributed by atoms with Crippen molar-refractivity contribution in [3.05, 3.63) is 85.0 Å². The number of hydrogen-bond acceptors (Lipinski definition) is 10. The van der Waals surface area contributed by atoms with Crippen LogP contribution in [-0.2, 0) is 43.4 Å².